The first-order valence-electron chi connectivity index (χ1n) is 14.2. The lowest BCUT2D eigenvalue weighted by Crippen LogP contribution is -2.49. The van der Waals surface area contributed by atoms with Crippen molar-refractivity contribution in [2.24, 2.45) is 0 Å². The molecule has 0 saturated heterocycles. The standard InChI is InChI=1S/C36H32ClN3O2/c1-25(2)39(36(42)34(26-13-5-3-6-14-26)27-15-7-4-8-16-27)24-33(41)40-31-20-10-9-19-30(31)38-22-12-21-32(38)35(40)28-17-11-18-29(37)23-28/h3-23,25,34-35H,24H2,1-2H3. The summed E-state index contributed by atoms with van der Waals surface area (Å²) in [6, 6.07) is 38.5. The van der Waals surface area contributed by atoms with Gasteiger partial charge in [0, 0.05) is 17.3 Å². The Labute approximate surface area is 251 Å². The average molecular weight is 574 g/mol. The minimum Gasteiger partial charge on any atom is -0.330 e. The smallest absolute Gasteiger partial charge is 0.247 e. The van der Waals surface area contributed by atoms with Crippen LogP contribution in [-0.2, 0) is 9.59 Å². The van der Waals surface area contributed by atoms with Crippen molar-refractivity contribution in [3.8, 4) is 5.69 Å². The first-order valence-corrected chi connectivity index (χ1v) is 14.6. The molecule has 5 nitrogen and oxygen atoms in total. The van der Waals surface area contributed by atoms with Gasteiger partial charge in [0.15, 0.2) is 0 Å². The lowest BCUT2D eigenvalue weighted by Gasteiger charge is -2.40. The van der Waals surface area contributed by atoms with Gasteiger partial charge in [0.25, 0.3) is 0 Å². The molecule has 1 atom stereocenters. The van der Waals surface area contributed by atoms with Gasteiger partial charge in [0.2, 0.25) is 11.8 Å². The highest BCUT2D eigenvalue weighted by atomic mass is 35.5. The number of hydrogen-bond acceptors (Lipinski definition) is 2. The SMILES string of the molecule is CC(C)N(CC(=O)N1c2ccccc2-n2cccc2C1c1cccc(Cl)c1)C(=O)C(c1ccccc1)c1ccccc1. The maximum Gasteiger partial charge on any atom is 0.247 e. The van der Waals surface area contributed by atoms with E-state index in [-0.39, 0.29) is 24.4 Å². The van der Waals surface area contributed by atoms with E-state index in [9.17, 15) is 9.59 Å². The Hall–Kier alpha value is -4.61. The van der Waals surface area contributed by atoms with Crippen LogP contribution in [0, 0.1) is 0 Å². The van der Waals surface area contributed by atoms with Crippen molar-refractivity contribution in [1.82, 2.24) is 9.47 Å². The van der Waals surface area contributed by atoms with Crippen molar-refractivity contribution >= 4 is 29.1 Å². The molecule has 1 aliphatic rings. The predicted octanol–water partition coefficient (Wildman–Crippen LogP) is 7.64. The fourth-order valence-corrected chi connectivity index (χ4v) is 6.12. The number of aromatic nitrogens is 1. The maximum absolute atomic E-state index is 14.6. The number of carbonyl (C=O) groups excluding carboxylic acids is 2. The van der Waals surface area contributed by atoms with E-state index in [4.69, 9.17) is 11.6 Å². The van der Waals surface area contributed by atoms with E-state index in [0.717, 1.165) is 33.8 Å². The van der Waals surface area contributed by atoms with Gasteiger partial charge in [-0.3, -0.25) is 14.5 Å². The summed E-state index contributed by atoms with van der Waals surface area (Å²) in [5.74, 6) is -0.803. The third-order valence-corrected chi connectivity index (χ3v) is 8.11. The Morgan fingerprint density at radius 1 is 0.762 bits per heavy atom. The molecule has 0 saturated carbocycles. The van der Waals surface area contributed by atoms with Crippen molar-refractivity contribution in [1.29, 1.82) is 0 Å². The van der Waals surface area contributed by atoms with Gasteiger partial charge in [-0.15, -0.1) is 0 Å². The summed E-state index contributed by atoms with van der Waals surface area (Å²) in [5.41, 5.74) is 5.35. The average Bonchev–Trinajstić information content (AvgIpc) is 3.50. The number of fused-ring (bicyclic) bond motifs is 3. The van der Waals surface area contributed by atoms with Crippen LogP contribution in [0.15, 0.2) is 128 Å². The molecule has 4 aromatic carbocycles. The number of anilines is 1. The number of hydrogen-bond donors (Lipinski definition) is 0. The highest BCUT2D eigenvalue weighted by Gasteiger charge is 2.38. The summed E-state index contributed by atoms with van der Waals surface area (Å²) in [6.45, 7) is 3.85. The highest BCUT2D eigenvalue weighted by Crippen LogP contribution is 2.43. The van der Waals surface area contributed by atoms with Crippen LogP contribution in [0.2, 0.25) is 5.02 Å². The van der Waals surface area contributed by atoms with Crippen LogP contribution < -0.4 is 4.90 Å². The third kappa shape index (κ3) is 5.12. The van der Waals surface area contributed by atoms with Crippen LogP contribution in [0.3, 0.4) is 0 Å². The molecule has 42 heavy (non-hydrogen) atoms. The number of carbonyl (C=O) groups is 2. The molecular formula is C36H32ClN3O2. The molecule has 1 aliphatic heterocycles. The van der Waals surface area contributed by atoms with Gasteiger partial charge in [-0.05, 0) is 66.9 Å². The third-order valence-electron chi connectivity index (χ3n) is 7.88. The van der Waals surface area contributed by atoms with Gasteiger partial charge < -0.3 is 9.47 Å². The molecule has 210 valence electrons. The first-order chi connectivity index (χ1) is 20.4. The number of benzene rings is 4. The Morgan fingerprint density at radius 3 is 2.00 bits per heavy atom. The van der Waals surface area contributed by atoms with E-state index in [0.29, 0.717) is 5.02 Å². The fourth-order valence-electron chi connectivity index (χ4n) is 5.93. The predicted molar refractivity (Wildman–Crippen MR) is 168 cm³/mol. The monoisotopic (exact) mass is 573 g/mol. The largest absolute Gasteiger partial charge is 0.330 e. The molecule has 0 radical (unpaired) electrons. The van der Waals surface area contributed by atoms with Crippen LogP contribution in [0.5, 0.6) is 0 Å². The second-order valence-electron chi connectivity index (χ2n) is 10.8. The molecule has 2 amide bonds. The van der Waals surface area contributed by atoms with Crippen molar-refractivity contribution in [2.75, 3.05) is 11.4 Å². The van der Waals surface area contributed by atoms with Gasteiger partial charge >= 0.3 is 0 Å². The zero-order valence-corrected chi connectivity index (χ0v) is 24.4. The molecule has 6 heteroatoms. The van der Waals surface area contributed by atoms with Crippen LogP contribution in [-0.4, -0.2) is 33.9 Å². The van der Waals surface area contributed by atoms with Crippen LogP contribution in [0.25, 0.3) is 5.69 Å². The Balaban J connectivity index is 1.41. The topological polar surface area (TPSA) is 45.6 Å². The zero-order chi connectivity index (χ0) is 29.2. The first kappa shape index (κ1) is 27.6. The Bertz CT molecular complexity index is 1670. The molecule has 0 bridgehead atoms. The van der Waals surface area contributed by atoms with E-state index < -0.39 is 12.0 Å². The van der Waals surface area contributed by atoms with E-state index in [1.807, 2.05) is 146 Å². The van der Waals surface area contributed by atoms with Crippen LogP contribution in [0.1, 0.15) is 48.2 Å². The summed E-state index contributed by atoms with van der Waals surface area (Å²) >= 11 is 6.45. The number of para-hydroxylation sites is 2. The molecule has 2 heterocycles. The Morgan fingerprint density at radius 2 is 1.38 bits per heavy atom. The summed E-state index contributed by atoms with van der Waals surface area (Å²) in [7, 11) is 0. The molecule has 0 N–H and O–H groups in total. The Kier molecular flexibility index (Phi) is 7.68. The van der Waals surface area contributed by atoms with Gasteiger partial charge in [-0.1, -0.05) is 96.5 Å². The van der Waals surface area contributed by atoms with Crippen molar-refractivity contribution in [3.05, 3.63) is 155 Å². The molecule has 0 spiro atoms. The van der Waals surface area contributed by atoms with Crippen molar-refractivity contribution in [3.63, 3.8) is 0 Å². The fraction of sp³-hybridized carbons (Fsp3) is 0.167. The molecule has 1 aromatic heterocycles. The number of rotatable bonds is 7. The van der Waals surface area contributed by atoms with Crippen LogP contribution in [0.4, 0.5) is 5.69 Å². The van der Waals surface area contributed by atoms with E-state index in [1.165, 1.54) is 0 Å². The van der Waals surface area contributed by atoms with Gasteiger partial charge in [0.1, 0.15) is 12.6 Å². The zero-order valence-electron chi connectivity index (χ0n) is 23.6. The summed E-state index contributed by atoms with van der Waals surface area (Å²) in [6.07, 6.45) is 2.02. The quantitative estimate of drug-likeness (QED) is 0.201. The lowest BCUT2D eigenvalue weighted by molar-refractivity contribution is -0.137. The minimum atomic E-state index is -0.530. The molecule has 1 unspecified atom stereocenters. The second kappa shape index (κ2) is 11.7. The molecule has 6 rings (SSSR count). The summed E-state index contributed by atoms with van der Waals surface area (Å²) in [4.78, 5) is 32.5. The summed E-state index contributed by atoms with van der Waals surface area (Å²) < 4.78 is 2.12. The second-order valence-corrected chi connectivity index (χ2v) is 11.3. The minimum absolute atomic E-state index is 0.0707. The van der Waals surface area contributed by atoms with E-state index in [1.54, 1.807) is 4.90 Å². The summed E-state index contributed by atoms with van der Waals surface area (Å²) in [5, 5.41) is 0.601. The highest BCUT2D eigenvalue weighted by molar-refractivity contribution is 6.30. The molecule has 0 fully saturated rings. The molecule has 5 aromatic rings. The number of halogens is 1. The maximum atomic E-state index is 14.6. The molecule has 0 aliphatic carbocycles. The van der Waals surface area contributed by atoms with Gasteiger partial charge in [0.05, 0.1) is 23.0 Å². The van der Waals surface area contributed by atoms with Gasteiger partial charge in [-0.25, -0.2) is 0 Å². The van der Waals surface area contributed by atoms with E-state index >= 15 is 0 Å². The lowest BCUT2D eigenvalue weighted by atomic mass is 9.89. The normalized spacial score (nSPS) is 14.0. The van der Waals surface area contributed by atoms with Crippen LogP contribution >= 0.6 is 11.6 Å². The van der Waals surface area contributed by atoms with E-state index in [2.05, 4.69) is 4.57 Å². The van der Waals surface area contributed by atoms with Crippen molar-refractivity contribution < 1.29 is 9.59 Å². The number of nitrogens with zero attached hydrogens (tertiary/aromatic N) is 3. The molecular weight excluding hydrogens is 542 g/mol. The van der Waals surface area contributed by atoms with Crippen molar-refractivity contribution in [2.45, 2.75) is 31.8 Å². The number of amides is 2. The van der Waals surface area contributed by atoms with Gasteiger partial charge in [-0.2, -0.15) is 0 Å².